The molecule has 0 saturated heterocycles. The molecule has 116 valence electrons. The van der Waals surface area contributed by atoms with E-state index in [9.17, 15) is 4.79 Å². The van der Waals surface area contributed by atoms with Crippen LogP contribution in [0.25, 0.3) is 0 Å². The summed E-state index contributed by atoms with van der Waals surface area (Å²) in [6.45, 7) is 2.15. The quantitative estimate of drug-likeness (QED) is 0.321. The van der Waals surface area contributed by atoms with E-state index >= 15 is 0 Å². The van der Waals surface area contributed by atoms with Gasteiger partial charge in [-0.15, -0.1) is 0 Å². The molecule has 0 aromatic carbocycles. The molecular weight excluding hydrogens is 255 g/mol. The van der Waals surface area contributed by atoms with E-state index in [0.717, 1.165) is 44.9 Å². The first-order valence-corrected chi connectivity index (χ1v) is 7.94. The van der Waals surface area contributed by atoms with Gasteiger partial charge in [0.1, 0.15) is 0 Å². The standard InChI is InChI=1S/C18H30O2.Li.H/c1-2-3-4-5-6-7-8-9-10-11-12-13-14-15-16-17-18(19)20;;/h3-4,6-7,9-10H,2,5,8,11-17H2,1H3,(H,19,20);;/q;+1;-1/b4-3-,7-6-,10-9-;;. The Kier molecular flexibility index (Phi) is 20.7. The topological polar surface area (TPSA) is 37.3 Å². The van der Waals surface area contributed by atoms with Gasteiger partial charge in [-0.1, -0.05) is 62.6 Å². The molecule has 0 amide bonds. The number of carboxylic acids is 1. The van der Waals surface area contributed by atoms with Crippen molar-refractivity contribution < 1.29 is 30.2 Å². The normalized spacial score (nSPS) is 11.5. The molecule has 0 heterocycles. The Bertz CT molecular complexity index is 312. The molecule has 0 aliphatic carbocycles. The number of carboxylic acid groups (broad SMARTS) is 1. The Morgan fingerprint density at radius 1 is 0.857 bits per heavy atom. The van der Waals surface area contributed by atoms with Crippen molar-refractivity contribution in [2.75, 3.05) is 0 Å². The van der Waals surface area contributed by atoms with Crippen LogP contribution in [0.4, 0.5) is 0 Å². The molecule has 21 heavy (non-hydrogen) atoms. The van der Waals surface area contributed by atoms with Gasteiger partial charge in [0, 0.05) is 6.42 Å². The molecule has 0 bridgehead atoms. The zero-order valence-electron chi connectivity index (χ0n) is 14.9. The Hall–Kier alpha value is -0.713. The van der Waals surface area contributed by atoms with E-state index < -0.39 is 5.97 Å². The maximum atomic E-state index is 10.3. The molecule has 0 aliphatic heterocycles. The Labute approximate surface area is 144 Å². The Morgan fingerprint density at radius 3 is 2.00 bits per heavy atom. The Morgan fingerprint density at radius 2 is 1.38 bits per heavy atom. The molecule has 1 N–H and O–H groups in total. The molecule has 0 spiro atoms. The number of unbranched alkanes of at least 4 members (excludes halogenated alkanes) is 5. The van der Waals surface area contributed by atoms with Gasteiger partial charge in [0.25, 0.3) is 0 Å². The fraction of sp³-hybridized carbons (Fsp3) is 0.611. The third-order valence-electron chi connectivity index (χ3n) is 3.04. The molecule has 0 rings (SSSR count). The van der Waals surface area contributed by atoms with Crippen molar-refractivity contribution in [2.45, 2.75) is 71.1 Å². The van der Waals surface area contributed by atoms with Gasteiger partial charge in [0.15, 0.2) is 0 Å². The summed E-state index contributed by atoms with van der Waals surface area (Å²) in [7, 11) is 0. The number of carbonyl (C=O) groups is 1. The van der Waals surface area contributed by atoms with Crippen molar-refractivity contribution in [3.63, 3.8) is 0 Å². The predicted octanol–water partition coefficient (Wildman–Crippen LogP) is 2.78. The second kappa shape index (κ2) is 19.3. The van der Waals surface area contributed by atoms with Crippen molar-refractivity contribution in [2.24, 2.45) is 0 Å². The van der Waals surface area contributed by atoms with Crippen LogP contribution in [-0.4, -0.2) is 11.1 Å². The SMILES string of the molecule is CC/C=C\C/C=C\C/C=C\CCCCCCCC(=O)O.[H-].[Li+]. The minimum Gasteiger partial charge on any atom is -1.00 e. The summed E-state index contributed by atoms with van der Waals surface area (Å²) >= 11 is 0. The molecule has 2 nitrogen and oxygen atoms in total. The van der Waals surface area contributed by atoms with E-state index in [0.29, 0.717) is 6.42 Å². The van der Waals surface area contributed by atoms with E-state index in [1.54, 1.807) is 0 Å². The largest absolute Gasteiger partial charge is 1.00 e. The first-order valence-electron chi connectivity index (χ1n) is 7.94. The van der Waals surface area contributed by atoms with Crippen LogP contribution in [0.5, 0.6) is 0 Å². The van der Waals surface area contributed by atoms with Crippen LogP contribution in [0.3, 0.4) is 0 Å². The summed E-state index contributed by atoms with van der Waals surface area (Å²) in [6, 6.07) is 0. The van der Waals surface area contributed by atoms with Crippen LogP contribution in [0.2, 0.25) is 0 Å². The summed E-state index contributed by atoms with van der Waals surface area (Å²) in [4.78, 5) is 10.3. The van der Waals surface area contributed by atoms with Crippen LogP contribution >= 0.6 is 0 Å². The van der Waals surface area contributed by atoms with Gasteiger partial charge >= 0.3 is 24.8 Å². The molecule has 0 radical (unpaired) electrons. The van der Waals surface area contributed by atoms with Crippen molar-refractivity contribution in [1.29, 1.82) is 0 Å². The third kappa shape index (κ3) is 21.7. The number of hydrogen-bond acceptors (Lipinski definition) is 1. The fourth-order valence-electron chi connectivity index (χ4n) is 1.90. The van der Waals surface area contributed by atoms with Crippen molar-refractivity contribution in [1.82, 2.24) is 0 Å². The van der Waals surface area contributed by atoms with E-state index in [-0.39, 0.29) is 20.3 Å². The van der Waals surface area contributed by atoms with Gasteiger partial charge in [-0.25, -0.2) is 0 Å². The van der Waals surface area contributed by atoms with Crippen LogP contribution < -0.4 is 18.9 Å². The van der Waals surface area contributed by atoms with Crippen LogP contribution in [0.15, 0.2) is 36.5 Å². The monoisotopic (exact) mass is 286 g/mol. The number of rotatable bonds is 13. The van der Waals surface area contributed by atoms with Gasteiger partial charge in [-0.3, -0.25) is 4.79 Å². The minimum absolute atomic E-state index is 0. The zero-order valence-corrected chi connectivity index (χ0v) is 13.9. The average molecular weight is 286 g/mol. The molecule has 0 aromatic rings. The second-order valence-electron chi connectivity index (χ2n) is 4.99. The van der Waals surface area contributed by atoms with Gasteiger partial charge < -0.3 is 6.53 Å². The first kappa shape index (κ1) is 22.6. The van der Waals surface area contributed by atoms with Gasteiger partial charge in [0.05, 0.1) is 0 Å². The molecule has 0 fully saturated rings. The van der Waals surface area contributed by atoms with Gasteiger partial charge in [-0.05, 0) is 38.5 Å². The minimum atomic E-state index is -0.675. The third-order valence-corrected chi connectivity index (χ3v) is 3.04. The van der Waals surface area contributed by atoms with E-state index in [4.69, 9.17) is 5.11 Å². The van der Waals surface area contributed by atoms with E-state index in [2.05, 4.69) is 43.4 Å². The van der Waals surface area contributed by atoms with Crippen LogP contribution in [0, 0.1) is 0 Å². The summed E-state index contributed by atoms with van der Waals surface area (Å²) in [5, 5.41) is 8.50. The molecule has 3 heteroatoms. The van der Waals surface area contributed by atoms with Gasteiger partial charge in [-0.2, -0.15) is 0 Å². The molecule has 0 saturated carbocycles. The average Bonchev–Trinajstić information content (AvgIpc) is 2.43. The smallest absolute Gasteiger partial charge is 1.00 e. The van der Waals surface area contributed by atoms with Gasteiger partial charge in [0.2, 0.25) is 0 Å². The second-order valence-corrected chi connectivity index (χ2v) is 4.99. The maximum Gasteiger partial charge on any atom is 1.00 e. The summed E-state index contributed by atoms with van der Waals surface area (Å²) < 4.78 is 0. The summed E-state index contributed by atoms with van der Waals surface area (Å²) in [5.41, 5.74) is 0. The van der Waals surface area contributed by atoms with Crippen LogP contribution in [0.1, 0.15) is 72.6 Å². The molecule has 0 atom stereocenters. The van der Waals surface area contributed by atoms with E-state index in [1.165, 1.54) is 12.8 Å². The number of allylic oxidation sites excluding steroid dienone is 6. The molecule has 0 aliphatic rings. The number of hydrogen-bond donors (Lipinski definition) is 1. The molecule has 0 unspecified atom stereocenters. The maximum absolute atomic E-state index is 10.3. The molecular formula is C18H31LiO2. The zero-order chi connectivity index (χ0) is 14.9. The summed E-state index contributed by atoms with van der Waals surface area (Å²) in [5.74, 6) is -0.675. The van der Waals surface area contributed by atoms with Crippen molar-refractivity contribution >= 4 is 5.97 Å². The van der Waals surface area contributed by atoms with Crippen molar-refractivity contribution in [3.8, 4) is 0 Å². The first-order chi connectivity index (χ1) is 9.77. The van der Waals surface area contributed by atoms with E-state index in [1.807, 2.05) is 0 Å². The fourth-order valence-corrected chi connectivity index (χ4v) is 1.90. The Balaban J connectivity index is -0.00000180. The predicted molar refractivity (Wildman–Crippen MR) is 88.0 cm³/mol. The van der Waals surface area contributed by atoms with Crippen LogP contribution in [-0.2, 0) is 4.79 Å². The summed E-state index contributed by atoms with van der Waals surface area (Å²) in [6.07, 6.45) is 23.4. The number of aliphatic carboxylic acids is 1. The van der Waals surface area contributed by atoms with Crippen molar-refractivity contribution in [3.05, 3.63) is 36.5 Å². The molecule has 0 aromatic heterocycles.